The van der Waals surface area contributed by atoms with Gasteiger partial charge in [0.05, 0.1) is 0 Å². The lowest BCUT2D eigenvalue weighted by Crippen LogP contribution is -2.23. The van der Waals surface area contributed by atoms with Crippen molar-refractivity contribution in [2.45, 2.75) is 6.54 Å². The van der Waals surface area contributed by atoms with Gasteiger partial charge in [0.2, 0.25) is 5.91 Å². The number of carbonyl (C=O) groups is 1. The molecule has 1 amide bonds. The van der Waals surface area contributed by atoms with Crippen LogP contribution in [-0.2, 0) is 11.3 Å². The van der Waals surface area contributed by atoms with Gasteiger partial charge in [-0.2, -0.15) is 0 Å². The summed E-state index contributed by atoms with van der Waals surface area (Å²) in [5.74, 6) is -0.154. The molecule has 1 aromatic rings. The molecule has 0 aliphatic heterocycles. The summed E-state index contributed by atoms with van der Waals surface area (Å²) >= 11 is 0. The third-order valence-corrected chi connectivity index (χ3v) is 1.69. The Bertz CT molecular complexity index is 256. The van der Waals surface area contributed by atoms with E-state index in [1.165, 1.54) is 0 Å². The van der Waals surface area contributed by atoms with Crippen molar-refractivity contribution >= 4 is 5.91 Å². The van der Waals surface area contributed by atoms with Gasteiger partial charge in [0.15, 0.2) is 0 Å². The Labute approximate surface area is 72.8 Å². The zero-order valence-corrected chi connectivity index (χ0v) is 7.16. The number of hydrogen-bond donors (Lipinski definition) is 0. The minimum Gasteiger partial charge on any atom is -0.341 e. The predicted octanol–water partition coefficient (Wildman–Crippen LogP) is 1.48. The van der Waals surface area contributed by atoms with Crippen molar-refractivity contribution in [2.75, 3.05) is 7.05 Å². The quantitative estimate of drug-likeness (QED) is 0.645. The van der Waals surface area contributed by atoms with Crippen molar-refractivity contribution < 1.29 is 4.79 Å². The Morgan fingerprint density at radius 1 is 1.42 bits per heavy atom. The zero-order valence-electron chi connectivity index (χ0n) is 7.16. The number of benzene rings is 1. The van der Waals surface area contributed by atoms with Crippen molar-refractivity contribution in [2.24, 2.45) is 0 Å². The first-order valence-electron chi connectivity index (χ1n) is 3.81. The molecule has 1 rings (SSSR count). The van der Waals surface area contributed by atoms with Crippen LogP contribution in [0.5, 0.6) is 0 Å². The first kappa shape index (κ1) is 8.78. The zero-order chi connectivity index (χ0) is 8.97. The van der Waals surface area contributed by atoms with Gasteiger partial charge in [-0.3, -0.25) is 4.79 Å². The molecule has 0 N–H and O–H groups in total. The van der Waals surface area contributed by atoms with Crippen LogP contribution in [0, 0.1) is 6.92 Å². The molecule has 2 nitrogen and oxygen atoms in total. The Morgan fingerprint density at radius 2 is 2.00 bits per heavy atom. The Morgan fingerprint density at radius 3 is 2.50 bits per heavy atom. The van der Waals surface area contributed by atoms with Gasteiger partial charge in [0.1, 0.15) is 0 Å². The second-order valence-electron chi connectivity index (χ2n) is 2.74. The van der Waals surface area contributed by atoms with Gasteiger partial charge in [-0.15, -0.1) is 0 Å². The van der Waals surface area contributed by atoms with Gasteiger partial charge in [-0.25, -0.2) is 0 Å². The van der Waals surface area contributed by atoms with E-state index in [9.17, 15) is 4.79 Å². The normalized spacial score (nSPS) is 9.50. The van der Waals surface area contributed by atoms with Crippen LogP contribution >= 0.6 is 0 Å². The van der Waals surface area contributed by atoms with Gasteiger partial charge in [-0.05, 0) is 5.56 Å². The minimum atomic E-state index is -0.154. The highest BCUT2D eigenvalue weighted by molar-refractivity contribution is 5.79. The largest absolute Gasteiger partial charge is 0.341 e. The van der Waals surface area contributed by atoms with E-state index in [2.05, 4.69) is 6.92 Å². The fourth-order valence-electron chi connectivity index (χ4n) is 0.945. The van der Waals surface area contributed by atoms with E-state index in [-0.39, 0.29) is 5.91 Å². The Kier molecular flexibility index (Phi) is 2.86. The van der Waals surface area contributed by atoms with Crippen molar-refractivity contribution in [3.8, 4) is 0 Å². The first-order valence-corrected chi connectivity index (χ1v) is 3.81. The van der Waals surface area contributed by atoms with E-state index in [1.807, 2.05) is 30.3 Å². The third-order valence-electron chi connectivity index (χ3n) is 1.69. The first-order chi connectivity index (χ1) is 5.70. The van der Waals surface area contributed by atoms with E-state index in [1.54, 1.807) is 11.9 Å². The van der Waals surface area contributed by atoms with Crippen LogP contribution in [0.2, 0.25) is 0 Å². The summed E-state index contributed by atoms with van der Waals surface area (Å²) in [4.78, 5) is 12.3. The lowest BCUT2D eigenvalue weighted by molar-refractivity contribution is -0.125. The van der Waals surface area contributed by atoms with Crippen molar-refractivity contribution in [1.82, 2.24) is 4.90 Å². The number of hydrogen-bond acceptors (Lipinski definition) is 1. The van der Waals surface area contributed by atoms with E-state index >= 15 is 0 Å². The van der Waals surface area contributed by atoms with Crippen LogP contribution in [0.4, 0.5) is 0 Å². The fraction of sp³-hybridized carbons (Fsp3) is 0.200. The topological polar surface area (TPSA) is 20.3 Å². The Hall–Kier alpha value is -1.31. The molecule has 0 atom stereocenters. The predicted molar refractivity (Wildman–Crippen MR) is 48.3 cm³/mol. The fourth-order valence-corrected chi connectivity index (χ4v) is 0.945. The lowest BCUT2D eigenvalue weighted by atomic mass is 10.2. The number of amides is 1. The van der Waals surface area contributed by atoms with Crippen LogP contribution in [0.1, 0.15) is 5.56 Å². The molecule has 0 spiro atoms. The van der Waals surface area contributed by atoms with Gasteiger partial charge >= 0.3 is 0 Å². The minimum absolute atomic E-state index is 0.154. The van der Waals surface area contributed by atoms with Gasteiger partial charge in [0.25, 0.3) is 0 Å². The lowest BCUT2D eigenvalue weighted by Gasteiger charge is -2.13. The van der Waals surface area contributed by atoms with E-state index in [0.29, 0.717) is 6.54 Å². The molecule has 12 heavy (non-hydrogen) atoms. The highest BCUT2D eigenvalue weighted by Gasteiger charge is 2.01. The summed E-state index contributed by atoms with van der Waals surface area (Å²) in [5, 5.41) is 0. The highest BCUT2D eigenvalue weighted by atomic mass is 16.2. The van der Waals surface area contributed by atoms with Crippen LogP contribution in [-0.4, -0.2) is 17.9 Å². The molecule has 0 aliphatic carbocycles. The molecule has 0 aliphatic rings. The molecular formula is C10H12NO. The van der Waals surface area contributed by atoms with Crippen LogP contribution in [0.3, 0.4) is 0 Å². The summed E-state index contributed by atoms with van der Waals surface area (Å²) in [6.07, 6.45) is 0. The van der Waals surface area contributed by atoms with Crippen LogP contribution in [0.15, 0.2) is 30.3 Å². The monoisotopic (exact) mass is 162 g/mol. The molecule has 0 fully saturated rings. The Balaban J connectivity index is 2.58. The maximum absolute atomic E-state index is 10.8. The number of rotatable bonds is 2. The standard InChI is InChI=1S/C10H12NO/c1-9(12)11(2)8-10-6-4-3-5-7-10/h3-7H,1,8H2,2H3. The summed E-state index contributed by atoms with van der Waals surface area (Å²) in [7, 11) is 1.74. The molecule has 1 aromatic carbocycles. The summed E-state index contributed by atoms with van der Waals surface area (Å²) in [5.41, 5.74) is 1.12. The van der Waals surface area contributed by atoms with Crippen LogP contribution in [0.25, 0.3) is 0 Å². The molecule has 0 bridgehead atoms. The maximum atomic E-state index is 10.8. The van der Waals surface area contributed by atoms with E-state index < -0.39 is 0 Å². The number of nitrogens with zero attached hydrogens (tertiary/aromatic N) is 1. The molecule has 0 saturated heterocycles. The molecule has 63 valence electrons. The molecular weight excluding hydrogens is 150 g/mol. The number of carbonyl (C=O) groups excluding carboxylic acids is 1. The second kappa shape index (κ2) is 3.90. The van der Waals surface area contributed by atoms with Gasteiger partial charge in [0, 0.05) is 20.5 Å². The van der Waals surface area contributed by atoms with Gasteiger partial charge < -0.3 is 4.90 Å². The summed E-state index contributed by atoms with van der Waals surface area (Å²) in [6, 6.07) is 9.84. The average Bonchev–Trinajstić information content (AvgIpc) is 2.06. The van der Waals surface area contributed by atoms with E-state index in [4.69, 9.17) is 0 Å². The molecule has 0 unspecified atom stereocenters. The van der Waals surface area contributed by atoms with Crippen molar-refractivity contribution in [3.63, 3.8) is 0 Å². The van der Waals surface area contributed by atoms with Crippen molar-refractivity contribution in [3.05, 3.63) is 42.8 Å². The molecule has 1 radical (unpaired) electrons. The SMILES string of the molecule is [CH2]C(=O)N(C)Cc1ccccc1. The van der Waals surface area contributed by atoms with Crippen molar-refractivity contribution in [1.29, 1.82) is 0 Å². The second-order valence-corrected chi connectivity index (χ2v) is 2.74. The summed E-state index contributed by atoms with van der Waals surface area (Å²) in [6.45, 7) is 3.95. The molecule has 0 heterocycles. The molecule has 2 heteroatoms. The maximum Gasteiger partial charge on any atom is 0.223 e. The smallest absolute Gasteiger partial charge is 0.223 e. The summed E-state index contributed by atoms with van der Waals surface area (Å²) < 4.78 is 0. The van der Waals surface area contributed by atoms with Crippen LogP contribution < -0.4 is 0 Å². The molecule has 0 saturated carbocycles. The van der Waals surface area contributed by atoms with Gasteiger partial charge in [-0.1, -0.05) is 30.3 Å². The third kappa shape index (κ3) is 2.38. The van der Waals surface area contributed by atoms with E-state index in [0.717, 1.165) is 5.56 Å². The average molecular weight is 162 g/mol. The molecule has 0 aromatic heterocycles. The highest BCUT2D eigenvalue weighted by Crippen LogP contribution is 2.01.